The van der Waals surface area contributed by atoms with Crippen LogP contribution < -0.4 is 5.32 Å². The van der Waals surface area contributed by atoms with Crippen molar-refractivity contribution in [2.75, 3.05) is 7.05 Å². The van der Waals surface area contributed by atoms with Gasteiger partial charge in [-0.05, 0) is 24.1 Å². The van der Waals surface area contributed by atoms with Gasteiger partial charge in [0.1, 0.15) is 5.82 Å². The van der Waals surface area contributed by atoms with E-state index in [0.717, 1.165) is 5.56 Å². The summed E-state index contributed by atoms with van der Waals surface area (Å²) in [4.78, 5) is 11.5. The van der Waals surface area contributed by atoms with Crippen LogP contribution in [0.1, 0.15) is 18.4 Å². The van der Waals surface area contributed by atoms with Gasteiger partial charge in [0.2, 0.25) is 5.91 Å². The second-order valence-corrected chi connectivity index (χ2v) is 4.44. The molecule has 0 aromatic heterocycles. The Morgan fingerprint density at radius 2 is 1.84 bits per heavy atom. The van der Waals surface area contributed by atoms with Crippen LogP contribution in [0.25, 0.3) is 11.1 Å². The predicted molar refractivity (Wildman–Crippen MR) is 74.3 cm³/mol. The summed E-state index contributed by atoms with van der Waals surface area (Å²) in [5.74, 6) is -0.782. The van der Waals surface area contributed by atoms with Crippen molar-refractivity contribution in [2.24, 2.45) is 0 Å². The Hall–Kier alpha value is -2.16. The van der Waals surface area contributed by atoms with Crippen molar-refractivity contribution in [1.29, 1.82) is 0 Å². The molecule has 0 aliphatic rings. The van der Waals surface area contributed by atoms with Crippen molar-refractivity contribution in [2.45, 2.75) is 12.8 Å². The third-order valence-corrected chi connectivity index (χ3v) is 3.22. The van der Waals surface area contributed by atoms with E-state index in [2.05, 4.69) is 5.32 Å². The molecule has 0 saturated carbocycles. The Balaban J connectivity index is 2.35. The molecule has 1 unspecified atom stereocenters. The minimum Gasteiger partial charge on any atom is -0.359 e. The summed E-state index contributed by atoms with van der Waals surface area (Å²) in [6.07, 6.45) is 0. The highest BCUT2D eigenvalue weighted by Crippen LogP contribution is 2.26. The Kier molecular flexibility index (Phi) is 3.95. The molecule has 1 amide bonds. The molecule has 1 N–H and O–H groups in total. The molecule has 2 aromatic carbocycles. The van der Waals surface area contributed by atoms with Gasteiger partial charge in [-0.25, -0.2) is 4.39 Å². The molecule has 0 fully saturated rings. The number of rotatable bonds is 3. The van der Waals surface area contributed by atoms with E-state index in [4.69, 9.17) is 0 Å². The normalized spacial score (nSPS) is 11.9. The fraction of sp³-hybridized carbons (Fsp3) is 0.188. The zero-order valence-electron chi connectivity index (χ0n) is 11.0. The molecular formula is C16H16FNO. The highest BCUT2D eigenvalue weighted by Gasteiger charge is 2.15. The van der Waals surface area contributed by atoms with Gasteiger partial charge in [0.25, 0.3) is 0 Å². The summed E-state index contributed by atoms with van der Waals surface area (Å²) in [7, 11) is 1.58. The third-order valence-electron chi connectivity index (χ3n) is 3.22. The number of amides is 1. The van der Waals surface area contributed by atoms with Crippen molar-refractivity contribution in [1.82, 2.24) is 5.32 Å². The number of halogens is 1. The lowest BCUT2D eigenvalue weighted by atomic mass is 9.96. The molecule has 2 rings (SSSR count). The monoisotopic (exact) mass is 257 g/mol. The number of benzene rings is 2. The van der Waals surface area contributed by atoms with Gasteiger partial charge in [-0.3, -0.25) is 4.79 Å². The Morgan fingerprint density at radius 3 is 2.42 bits per heavy atom. The van der Waals surface area contributed by atoms with Gasteiger partial charge in [0.05, 0.1) is 5.92 Å². The van der Waals surface area contributed by atoms with Crippen molar-refractivity contribution in [3.05, 3.63) is 59.9 Å². The van der Waals surface area contributed by atoms with Crippen LogP contribution in [0.5, 0.6) is 0 Å². The quantitative estimate of drug-likeness (QED) is 0.897. The summed E-state index contributed by atoms with van der Waals surface area (Å²) < 4.78 is 14.1. The van der Waals surface area contributed by atoms with Crippen molar-refractivity contribution in [3.8, 4) is 11.1 Å². The first kappa shape index (κ1) is 13.3. The van der Waals surface area contributed by atoms with Gasteiger partial charge in [0, 0.05) is 12.6 Å². The van der Waals surface area contributed by atoms with E-state index in [0.29, 0.717) is 11.1 Å². The Morgan fingerprint density at radius 1 is 1.16 bits per heavy atom. The number of hydrogen-bond acceptors (Lipinski definition) is 1. The zero-order chi connectivity index (χ0) is 13.8. The third kappa shape index (κ3) is 2.81. The lowest BCUT2D eigenvalue weighted by Crippen LogP contribution is -2.23. The molecule has 0 heterocycles. The number of carbonyl (C=O) groups excluding carboxylic acids is 1. The van der Waals surface area contributed by atoms with E-state index in [9.17, 15) is 9.18 Å². The van der Waals surface area contributed by atoms with Gasteiger partial charge in [-0.2, -0.15) is 0 Å². The molecule has 0 spiro atoms. The van der Waals surface area contributed by atoms with Crippen LogP contribution in [0, 0.1) is 5.82 Å². The van der Waals surface area contributed by atoms with Crippen LogP contribution in [0.15, 0.2) is 48.5 Å². The molecule has 0 aliphatic carbocycles. The van der Waals surface area contributed by atoms with Gasteiger partial charge < -0.3 is 5.32 Å². The first-order valence-corrected chi connectivity index (χ1v) is 6.20. The van der Waals surface area contributed by atoms with Crippen LogP contribution in [0.4, 0.5) is 4.39 Å². The minimum atomic E-state index is -0.357. The average Bonchev–Trinajstić information content (AvgIpc) is 2.46. The second-order valence-electron chi connectivity index (χ2n) is 4.44. The summed E-state index contributed by atoms with van der Waals surface area (Å²) in [6, 6.07) is 14.3. The maximum absolute atomic E-state index is 14.1. The molecular weight excluding hydrogens is 241 g/mol. The molecule has 1 atom stereocenters. The number of hydrogen-bond donors (Lipinski definition) is 1. The van der Waals surface area contributed by atoms with E-state index < -0.39 is 0 Å². The Bertz CT molecular complexity index is 581. The van der Waals surface area contributed by atoms with E-state index in [1.54, 1.807) is 26.1 Å². The Labute approximate surface area is 112 Å². The van der Waals surface area contributed by atoms with Crippen LogP contribution in [0.3, 0.4) is 0 Å². The van der Waals surface area contributed by atoms with Crippen molar-refractivity contribution < 1.29 is 9.18 Å². The van der Waals surface area contributed by atoms with Gasteiger partial charge in [0.15, 0.2) is 0 Å². The summed E-state index contributed by atoms with van der Waals surface area (Å²) in [5, 5.41) is 2.57. The van der Waals surface area contributed by atoms with Gasteiger partial charge >= 0.3 is 0 Å². The number of nitrogens with one attached hydrogen (secondary N) is 1. The van der Waals surface area contributed by atoms with E-state index in [-0.39, 0.29) is 17.6 Å². The maximum atomic E-state index is 14.1. The van der Waals surface area contributed by atoms with Crippen LogP contribution in [0.2, 0.25) is 0 Å². The van der Waals surface area contributed by atoms with E-state index in [1.165, 1.54) is 6.07 Å². The van der Waals surface area contributed by atoms with E-state index in [1.807, 2.05) is 30.3 Å². The zero-order valence-corrected chi connectivity index (χ0v) is 11.0. The molecule has 0 saturated heterocycles. The minimum absolute atomic E-state index is 0.119. The molecule has 2 aromatic rings. The molecule has 0 radical (unpaired) electrons. The SMILES string of the molecule is CNC(=O)C(C)c1ccc(-c2ccccc2)c(F)c1. The maximum Gasteiger partial charge on any atom is 0.227 e. The lowest BCUT2D eigenvalue weighted by molar-refractivity contribution is -0.121. The fourth-order valence-electron chi connectivity index (χ4n) is 2.02. The second kappa shape index (κ2) is 5.65. The fourth-order valence-corrected chi connectivity index (χ4v) is 2.02. The van der Waals surface area contributed by atoms with Gasteiger partial charge in [-0.15, -0.1) is 0 Å². The van der Waals surface area contributed by atoms with Crippen molar-refractivity contribution in [3.63, 3.8) is 0 Å². The van der Waals surface area contributed by atoms with Crippen LogP contribution in [-0.4, -0.2) is 13.0 Å². The lowest BCUT2D eigenvalue weighted by Gasteiger charge is -2.12. The van der Waals surface area contributed by atoms with E-state index >= 15 is 0 Å². The average molecular weight is 257 g/mol. The first-order valence-electron chi connectivity index (χ1n) is 6.20. The number of carbonyl (C=O) groups is 1. The van der Waals surface area contributed by atoms with Crippen LogP contribution in [-0.2, 0) is 4.79 Å². The molecule has 0 aliphatic heterocycles. The molecule has 19 heavy (non-hydrogen) atoms. The smallest absolute Gasteiger partial charge is 0.227 e. The molecule has 98 valence electrons. The molecule has 0 bridgehead atoms. The largest absolute Gasteiger partial charge is 0.359 e. The predicted octanol–water partition coefficient (Wildman–Crippen LogP) is 3.34. The van der Waals surface area contributed by atoms with Crippen molar-refractivity contribution >= 4 is 5.91 Å². The topological polar surface area (TPSA) is 29.1 Å². The van der Waals surface area contributed by atoms with Crippen LogP contribution >= 0.6 is 0 Å². The number of likely N-dealkylation sites (N-methyl/N-ethyl adjacent to an activating group) is 1. The molecule has 2 nitrogen and oxygen atoms in total. The highest BCUT2D eigenvalue weighted by atomic mass is 19.1. The first-order chi connectivity index (χ1) is 9.13. The van der Waals surface area contributed by atoms with Gasteiger partial charge in [-0.1, -0.05) is 42.5 Å². The standard InChI is InChI=1S/C16H16FNO/c1-11(16(19)18-2)13-8-9-14(15(17)10-13)12-6-4-3-5-7-12/h3-11H,1-2H3,(H,18,19). The molecule has 3 heteroatoms. The summed E-state index contributed by atoms with van der Waals surface area (Å²) in [5.41, 5.74) is 2.06. The summed E-state index contributed by atoms with van der Waals surface area (Å²) >= 11 is 0. The highest BCUT2D eigenvalue weighted by molar-refractivity contribution is 5.83. The summed E-state index contributed by atoms with van der Waals surface area (Å²) in [6.45, 7) is 1.76.